The quantitative estimate of drug-likeness (QED) is 0.155. The van der Waals surface area contributed by atoms with E-state index in [4.69, 9.17) is 51.3 Å². The normalized spacial score (nSPS) is 22.6. The molecule has 2 heteroatoms. The summed E-state index contributed by atoms with van der Waals surface area (Å²) in [5.74, 6) is 0. The smallest absolute Gasteiger partial charge is 0.136 e. The van der Waals surface area contributed by atoms with Crippen molar-refractivity contribution < 1.29 is 84.2 Å². The van der Waals surface area contributed by atoms with E-state index in [1.165, 1.54) is 13.8 Å². The van der Waals surface area contributed by atoms with Crippen LogP contribution in [-0.4, -0.2) is 0 Å². The number of para-hydroxylation sites is 2. The molecular formula is C94H64O2. The predicted octanol–water partition coefficient (Wildman–Crippen LogP) is 26.4. The van der Waals surface area contributed by atoms with Gasteiger partial charge in [-0.3, -0.25) is 0 Å². The first-order valence-corrected chi connectivity index (χ1v) is 29.1. The highest BCUT2D eigenvalue weighted by atomic mass is 16.3. The molecule has 0 aliphatic heterocycles. The number of rotatable bonds is 6. The molecule has 452 valence electrons. The van der Waals surface area contributed by atoms with Crippen LogP contribution in [0.3, 0.4) is 0 Å². The fourth-order valence-corrected chi connectivity index (χ4v) is 12.9. The van der Waals surface area contributed by atoms with Crippen molar-refractivity contribution in [1.29, 1.82) is 0 Å². The number of furan rings is 2. The van der Waals surface area contributed by atoms with E-state index in [-0.39, 0.29) is 22.3 Å². The Labute approximate surface area is 634 Å². The minimum Gasteiger partial charge on any atom is -0.456 e. The number of hydrogen-bond acceptors (Lipinski definition) is 2. The van der Waals surface area contributed by atoms with Gasteiger partial charge >= 0.3 is 0 Å². The second-order valence-corrected chi connectivity index (χ2v) is 22.8. The SMILES string of the molecule is [2H]c1c([2H])c(-c2c([2H])c([2H])c3c(c2[2H])C(C)(C)c2c([2H])c([2H])c([2H])c([2H])c2-3)c([2H])c(-c2c3c([2H])c([2H])c([2H])c([2H])c3c(-c3c([2H])c([2H])c([2H])c4oc5c([2H])c([2H])c([2H])c([2H])c5c34)c3c([2H])c([2H])c([2H])c([2H])c23)c1[2H].[2H]c1c([2H])c([2H])c2c(c1[2H])-c1c([2H])c([2H])c(-c3c([2H])c([2H])c(-c4c5c([2H])c([2H])c([2H])c([2H])c5c(-c5c([2H])c([2H])c([2H])c6oc7c([2H])c([2H])c([2H])c([2H])c7c56)c5c([2H])c([2H])c([2H])c([2H])c45)c([2H])c3[2H])c([2H])c1C2(C)C([2H])([2H])[2H]. The summed E-state index contributed by atoms with van der Waals surface area (Å²) >= 11 is 0. The largest absolute Gasteiger partial charge is 0.456 e. The van der Waals surface area contributed by atoms with E-state index in [0.29, 0.717) is 0 Å². The molecule has 2 heterocycles. The highest BCUT2D eigenvalue weighted by molar-refractivity contribution is 6.27. The molecule has 2 aliphatic rings. The lowest BCUT2D eigenvalue weighted by molar-refractivity contribution is 0.660. The number of fused-ring (bicyclic) bond motifs is 16. The Kier molecular flexibility index (Phi) is 5.24. The van der Waals surface area contributed by atoms with E-state index >= 15 is 0 Å². The summed E-state index contributed by atoms with van der Waals surface area (Å²) < 4.78 is 510. The van der Waals surface area contributed by atoms with Crippen LogP contribution >= 0.6 is 0 Å². The zero-order valence-corrected chi connectivity index (χ0v) is 49.3. The fourth-order valence-electron chi connectivity index (χ4n) is 12.9. The van der Waals surface area contributed by atoms with Crippen molar-refractivity contribution in [2.75, 3.05) is 0 Å². The average Bonchev–Trinajstić information content (AvgIpc) is 1.68. The minimum absolute atomic E-state index is 0.00860. The highest BCUT2D eigenvalue weighted by Crippen LogP contribution is 2.54. The molecule has 2 aliphatic carbocycles. The van der Waals surface area contributed by atoms with Crippen molar-refractivity contribution in [3.8, 4) is 89.0 Å². The molecular weight excluding hydrogens is 1160 g/mol. The minimum atomic E-state index is -3.26. The van der Waals surface area contributed by atoms with Gasteiger partial charge in [0.05, 0.1) is 71.3 Å². The Morgan fingerprint density at radius 1 is 0.229 bits per heavy atom. The maximum atomic E-state index is 9.96. The predicted molar refractivity (Wildman–Crippen MR) is 405 cm³/mol. The molecule has 2 nitrogen and oxygen atoms in total. The molecule has 20 rings (SSSR count). The van der Waals surface area contributed by atoms with E-state index in [1.54, 1.807) is 0 Å². The van der Waals surface area contributed by atoms with Gasteiger partial charge < -0.3 is 8.83 Å². The second kappa shape index (κ2) is 21.3. The highest BCUT2D eigenvalue weighted by Gasteiger charge is 2.37. The Balaban J connectivity index is 0.000000189. The Morgan fingerprint density at radius 2 is 0.542 bits per heavy atom. The van der Waals surface area contributed by atoms with Crippen molar-refractivity contribution in [3.63, 3.8) is 0 Å². The maximum Gasteiger partial charge on any atom is 0.136 e. The first-order chi connectivity index (χ1) is 70.1. The number of benzene rings is 16. The van der Waals surface area contributed by atoms with Crippen molar-refractivity contribution in [2.24, 2.45) is 0 Å². The van der Waals surface area contributed by atoms with Gasteiger partial charge in [0.25, 0.3) is 0 Å². The van der Waals surface area contributed by atoms with Gasteiger partial charge in [0.1, 0.15) is 22.3 Å². The summed E-state index contributed by atoms with van der Waals surface area (Å²) in [5.41, 5.74) is -18.0. The van der Waals surface area contributed by atoms with Gasteiger partial charge in [-0.25, -0.2) is 0 Å². The third-order valence-electron chi connectivity index (χ3n) is 17.1. The molecule has 0 saturated carbocycles. The molecule has 16 aromatic carbocycles. The lowest BCUT2D eigenvalue weighted by Crippen LogP contribution is -2.14. The van der Waals surface area contributed by atoms with E-state index in [0.717, 1.165) is 6.92 Å². The van der Waals surface area contributed by atoms with Crippen molar-refractivity contribution >= 4 is 87.0 Å². The van der Waals surface area contributed by atoms with E-state index in [2.05, 4.69) is 0 Å². The summed E-state index contributed by atoms with van der Waals surface area (Å²) in [5, 5.41) is -7.74. The van der Waals surface area contributed by atoms with Crippen LogP contribution in [0.15, 0.2) is 323 Å². The molecule has 0 spiro atoms. The van der Waals surface area contributed by atoms with Crippen LogP contribution in [0.5, 0.6) is 0 Å². The molecule has 2 aromatic heterocycles. The summed E-state index contributed by atoms with van der Waals surface area (Å²) in [6.07, 6.45) is 0. The van der Waals surface area contributed by atoms with Crippen LogP contribution in [0.25, 0.3) is 176 Å². The van der Waals surface area contributed by atoms with Gasteiger partial charge in [0, 0.05) is 36.5 Å². The zero-order valence-electron chi connectivity index (χ0n) is 104. The van der Waals surface area contributed by atoms with Crippen LogP contribution in [0.4, 0.5) is 0 Å². The first-order valence-electron chi connectivity index (χ1n) is 56.6. The van der Waals surface area contributed by atoms with Crippen molar-refractivity contribution in [2.45, 2.75) is 38.5 Å². The van der Waals surface area contributed by atoms with Gasteiger partial charge in [-0.1, -0.05) is 300 Å². The zero-order chi connectivity index (χ0) is 112. The Morgan fingerprint density at radius 3 is 1.02 bits per heavy atom. The molecule has 96 heavy (non-hydrogen) atoms. The van der Waals surface area contributed by atoms with E-state index < -0.39 is 508 Å². The van der Waals surface area contributed by atoms with E-state index in [1.807, 2.05) is 0 Å². The molecule has 0 bridgehead atoms. The topological polar surface area (TPSA) is 26.3 Å². The fraction of sp³-hybridized carbons (Fsp3) is 0.0638. The van der Waals surface area contributed by atoms with Crippen LogP contribution in [0, 0.1) is 0 Å². The van der Waals surface area contributed by atoms with Gasteiger partial charge in [-0.15, -0.1) is 0 Å². The molecule has 1 unspecified atom stereocenters. The molecule has 0 radical (unpaired) electrons. The Bertz CT molecular complexity index is 9470. The monoisotopic (exact) mass is 1280 g/mol. The lowest BCUT2D eigenvalue weighted by Gasteiger charge is -2.22. The standard InChI is InChI=1S/2C47H32O/c1-47(2)40-22-9-7-15-32(40)33-26-25-30(28-41(33)47)29-13-11-14-31(27-29)44-34-16-3-5-18-36(34)45(37-19-6-4-17-35(37)44)39-21-12-24-43-46(39)38-20-8-10-23-42(38)48-43;1-47(2)40-19-9-7-12-32(40)33-27-26-31(28-41(33)47)29-22-24-30(25-23-29)44-34-13-3-5-15-36(34)45(37-16-6-4-14-35(37)44)39-18-11-21-43-46(39)38-17-8-10-20-42(38)48-43/h2*3-28H,1-2H3/i3D,4D,5D,6D,7D,8D,9D,10D,11D,12D,13D,14D,15D,16D,17D,18D,19D,20D,21D,22D,23D,24D,25D,26D,27D,28D;1D3,3D,4D,5D,6D,7D,8D,9D,10D,11D,12D,13D,14D,15D,16D,17D,18D,19D,20D,21D,22D,23D,24D,25D,26D,27D,28D. The van der Waals surface area contributed by atoms with Gasteiger partial charge in [-0.05, 0) is 197 Å². The molecule has 0 amide bonds. The maximum absolute atomic E-state index is 9.96. The molecule has 1 atom stereocenters. The second-order valence-electron chi connectivity index (χ2n) is 22.8. The molecule has 0 fully saturated rings. The number of hydrogen-bond donors (Lipinski definition) is 0. The molecule has 0 saturated heterocycles. The van der Waals surface area contributed by atoms with Gasteiger partial charge in [0.2, 0.25) is 0 Å². The summed E-state index contributed by atoms with van der Waals surface area (Å²) in [4.78, 5) is 0. The van der Waals surface area contributed by atoms with Crippen LogP contribution in [0.2, 0.25) is 0 Å². The van der Waals surface area contributed by atoms with Crippen molar-refractivity contribution in [3.05, 3.63) is 336 Å². The van der Waals surface area contributed by atoms with Crippen LogP contribution < -0.4 is 0 Å². The summed E-state index contributed by atoms with van der Waals surface area (Å²) in [6.45, 7) is 0.819. The van der Waals surface area contributed by atoms with Gasteiger partial charge in [-0.2, -0.15) is 0 Å². The lowest BCUT2D eigenvalue weighted by atomic mass is 9.81. The molecule has 0 N–H and O–H groups in total. The molecule has 18 aromatic rings. The summed E-state index contributed by atoms with van der Waals surface area (Å²) in [6, 6.07) is -46.6. The third kappa shape index (κ3) is 8.38. The summed E-state index contributed by atoms with van der Waals surface area (Å²) in [7, 11) is 0. The van der Waals surface area contributed by atoms with Crippen LogP contribution in [0.1, 0.15) is 125 Å². The van der Waals surface area contributed by atoms with Gasteiger partial charge in [0.15, 0.2) is 0 Å². The van der Waals surface area contributed by atoms with Crippen LogP contribution in [-0.2, 0) is 10.8 Å². The Hall–Kier alpha value is -11.8. The van der Waals surface area contributed by atoms with E-state index in [9.17, 15) is 32.9 Å². The average molecular weight is 1280 g/mol. The third-order valence-corrected chi connectivity index (χ3v) is 17.1. The van der Waals surface area contributed by atoms with Crippen molar-refractivity contribution in [1.82, 2.24) is 0 Å². The first kappa shape index (κ1) is 23.6.